The van der Waals surface area contributed by atoms with E-state index < -0.39 is 5.41 Å². The van der Waals surface area contributed by atoms with Gasteiger partial charge in [-0.05, 0) is 61.9 Å². The molecule has 1 heterocycles. The summed E-state index contributed by atoms with van der Waals surface area (Å²) >= 11 is 5.85. The minimum absolute atomic E-state index is 0.176. The number of H-pyrrole nitrogens is 1. The minimum atomic E-state index is -0.828. The molecule has 0 fully saturated rings. The summed E-state index contributed by atoms with van der Waals surface area (Å²) in [5, 5.41) is 4.19. The van der Waals surface area contributed by atoms with E-state index in [4.69, 9.17) is 11.6 Å². The van der Waals surface area contributed by atoms with Crippen molar-refractivity contribution in [2.75, 3.05) is 5.32 Å². The molecule has 3 rings (SSSR count). The molecular weight excluding hydrogens is 315 g/mol. The Morgan fingerprint density at radius 1 is 1.17 bits per heavy atom. The number of hydrogen-bond donors (Lipinski definition) is 2. The first-order chi connectivity index (χ1) is 10.9. The fourth-order valence-electron chi connectivity index (χ4n) is 2.55. The van der Waals surface area contributed by atoms with Crippen molar-refractivity contribution in [3.63, 3.8) is 0 Å². The summed E-state index contributed by atoms with van der Waals surface area (Å²) in [6.45, 7) is 3.62. The number of carbonyl (C=O) groups is 1. The molecule has 3 aromatic rings. The second-order valence-corrected chi connectivity index (χ2v) is 6.41. The lowest BCUT2D eigenvalue weighted by molar-refractivity contribution is -0.120. The average Bonchev–Trinajstić information content (AvgIpc) is 2.93. The van der Waals surface area contributed by atoms with Gasteiger partial charge in [-0.2, -0.15) is 0 Å². The molecule has 1 aromatic heterocycles. The SMILES string of the molecule is CC(C)(C(=O)Nc1ccc(Cl)cc1)c1c[nH]c2ccc(F)cc12. The highest BCUT2D eigenvalue weighted by Gasteiger charge is 2.32. The lowest BCUT2D eigenvalue weighted by atomic mass is 9.83. The van der Waals surface area contributed by atoms with E-state index in [2.05, 4.69) is 10.3 Å². The summed E-state index contributed by atoms with van der Waals surface area (Å²) in [6, 6.07) is 11.4. The van der Waals surface area contributed by atoms with Gasteiger partial charge in [-0.25, -0.2) is 4.39 Å². The molecule has 0 unspecified atom stereocenters. The number of aromatic nitrogens is 1. The molecular formula is C18H16ClFN2O. The van der Waals surface area contributed by atoms with Crippen LogP contribution in [-0.2, 0) is 10.2 Å². The number of carbonyl (C=O) groups excluding carboxylic acids is 1. The Balaban J connectivity index is 1.94. The van der Waals surface area contributed by atoms with Crippen LogP contribution in [0.1, 0.15) is 19.4 Å². The maximum atomic E-state index is 13.5. The summed E-state index contributed by atoms with van der Waals surface area (Å²) in [5.74, 6) is -0.503. The fourth-order valence-corrected chi connectivity index (χ4v) is 2.68. The van der Waals surface area contributed by atoms with Gasteiger partial charge < -0.3 is 10.3 Å². The third kappa shape index (κ3) is 2.94. The van der Waals surface area contributed by atoms with Crippen molar-refractivity contribution in [2.24, 2.45) is 0 Å². The van der Waals surface area contributed by atoms with Crippen molar-refractivity contribution >= 4 is 34.1 Å². The van der Waals surface area contributed by atoms with Gasteiger partial charge in [0.15, 0.2) is 0 Å². The van der Waals surface area contributed by atoms with Gasteiger partial charge in [-0.15, -0.1) is 0 Å². The van der Waals surface area contributed by atoms with Crippen LogP contribution in [0.15, 0.2) is 48.7 Å². The van der Waals surface area contributed by atoms with Gasteiger partial charge in [0, 0.05) is 27.8 Å². The van der Waals surface area contributed by atoms with Gasteiger partial charge in [-0.1, -0.05) is 11.6 Å². The zero-order valence-electron chi connectivity index (χ0n) is 12.8. The average molecular weight is 331 g/mol. The predicted octanol–water partition coefficient (Wildman–Crippen LogP) is 4.88. The van der Waals surface area contributed by atoms with Gasteiger partial charge in [0.1, 0.15) is 5.82 Å². The lowest BCUT2D eigenvalue weighted by Gasteiger charge is -2.23. The topological polar surface area (TPSA) is 44.9 Å². The summed E-state index contributed by atoms with van der Waals surface area (Å²) in [6.07, 6.45) is 1.76. The van der Waals surface area contributed by atoms with Crippen molar-refractivity contribution in [1.29, 1.82) is 0 Å². The van der Waals surface area contributed by atoms with Gasteiger partial charge in [0.2, 0.25) is 5.91 Å². The Morgan fingerprint density at radius 3 is 2.57 bits per heavy atom. The highest BCUT2D eigenvalue weighted by atomic mass is 35.5. The molecule has 0 aliphatic carbocycles. The number of halogens is 2. The van der Waals surface area contributed by atoms with Gasteiger partial charge in [0.25, 0.3) is 0 Å². The van der Waals surface area contributed by atoms with Crippen LogP contribution in [0, 0.1) is 5.82 Å². The molecule has 23 heavy (non-hydrogen) atoms. The van der Waals surface area contributed by atoms with E-state index in [1.54, 1.807) is 36.5 Å². The Morgan fingerprint density at radius 2 is 1.87 bits per heavy atom. The van der Waals surface area contributed by atoms with Gasteiger partial charge in [-0.3, -0.25) is 4.79 Å². The van der Waals surface area contributed by atoms with Crippen LogP contribution in [0.5, 0.6) is 0 Å². The second-order valence-electron chi connectivity index (χ2n) is 5.98. The summed E-state index contributed by atoms with van der Waals surface area (Å²) in [4.78, 5) is 15.8. The van der Waals surface area contributed by atoms with Crippen LogP contribution < -0.4 is 5.32 Å². The van der Waals surface area contributed by atoms with Crippen molar-refractivity contribution in [3.8, 4) is 0 Å². The monoisotopic (exact) mass is 330 g/mol. The smallest absolute Gasteiger partial charge is 0.234 e. The van der Waals surface area contributed by atoms with Crippen molar-refractivity contribution in [1.82, 2.24) is 4.98 Å². The van der Waals surface area contributed by atoms with Crippen LogP contribution in [0.2, 0.25) is 5.02 Å². The van der Waals surface area contributed by atoms with E-state index >= 15 is 0 Å². The van der Waals surface area contributed by atoms with Crippen LogP contribution in [0.3, 0.4) is 0 Å². The maximum Gasteiger partial charge on any atom is 0.234 e. The molecule has 2 N–H and O–H groups in total. The molecule has 1 amide bonds. The number of fused-ring (bicyclic) bond motifs is 1. The predicted molar refractivity (Wildman–Crippen MR) is 91.4 cm³/mol. The van der Waals surface area contributed by atoms with Crippen molar-refractivity contribution in [2.45, 2.75) is 19.3 Å². The fraction of sp³-hybridized carbons (Fsp3) is 0.167. The highest BCUT2D eigenvalue weighted by Crippen LogP contribution is 2.32. The van der Waals surface area contributed by atoms with E-state index in [1.165, 1.54) is 12.1 Å². The van der Waals surface area contributed by atoms with Gasteiger partial charge in [0.05, 0.1) is 5.41 Å². The number of nitrogens with one attached hydrogen (secondary N) is 2. The quantitative estimate of drug-likeness (QED) is 0.706. The van der Waals surface area contributed by atoms with E-state index in [0.717, 1.165) is 11.1 Å². The Kier molecular flexibility index (Phi) is 3.86. The van der Waals surface area contributed by atoms with Crippen LogP contribution in [0.4, 0.5) is 10.1 Å². The first kappa shape index (κ1) is 15.6. The molecule has 0 aliphatic rings. The summed E-state index contributed by atoms with van der Waals surface area (Å²) in [5.41, 5.74) is 1.39. The van der Waals surface area contributed by atoms with Crippen molar-refractivity contribution < 1.29 is 9.18 Å². The molecule has 0 radical (unpaired) electrons. The van der Waals surface area contributed by atoms with Crippen molar-refractivity contribution in [3.05, 3.63) is 65.1 Å². The number of rotatable bonds is 3. The molecule has 0 spiro atoms. The Hall–Kier alpha value is -2.33. The van der Waals surface area contributed by atoms with E-state index in [9.17, 15) is 9.18 Å². The molecule has 118 valence electrons. The third-order valence-electron chi connectivity index (χ3n) is 3.99. The van der Waals surface area contributed by atoms with E-state index in [0.29, 0.717) is 16.1 Å². The molecule has 0 bridgehead atoms. The first-order valence-electron chi connectivity index (χ1n) is 7.22. The largest absolute Gasteiger partial charge is 0.361 e. The molecule has 3 nitrogen and oxygen atoms in total. The zero-order valence-corrected chi connectivity index (χ0v) is 13.5. The highest BCUT2D eigenvalue weighted by molar-refractivity contribution is 6.30. The minimum Gasteiger partial charge on any atom is -0.361 e. The normalized spacial score (nSPS) is 11.7. The summed E-state index contributed by atoms with van der Waals surface area (Å²) in [7, 11) is 0. The lowest BCUT2D eigenvalue weighted by Crippen LogP contribution is -2.34. The molecule has 0 atom stereocenters. The van der Waals surface area contributed by atoms with Crippen LogP contribution in [0.25, 0.3) is 10.9 Å². The molecule has 2 aromatic carbocycles. The second kappa shape index (κ2) is 5.70. The molecule has 0 saturated heterocycles. The van der Waals surface area contributed by atoms with Gasteiger partial charge >= 0.3 is 0 Å². The molecule has 0 aliphatic heterocycles. The summed E-state index contributed by atoms with van der Waals surface area (Å²) < 4.78 is 13.5. The number of hydrogen-bond acceptors (Lipinski definition) is 1. The Bertz CT molecular complexity index is 868. The number of amides is 1. The zero-order chi connectivity index (χ0) is 16.6. The third-order valence-corrected chi connectivity index (χ3v) is 4.24. The van der Waals surface area contributed by atoms with Crippen LogP contribution in [-0.4, -0.2) is 10.9 Å². The van der Waals surface area contributed by atoms with E-state index in [1.807, 2.05) is 13.8 Å². The molecule has 0 saturated carbocycles. The van der Waals surface area contributed by atoms with Crippen LogP contribution >= 0.6 is 11.6 Å². The number of aromatic amines is 1. The van der Waals surface area contributed by atoms with E-state index in [-0.39, 0.29) is 11.7 Å². The number of anilines is 1. The number of benzene rings is 2. The standard InChI is InChI=1S/C18H16ClFN2O/c1-18(2,17(23)22-13-6-3-11(19)4-7-13)15-10-21-16-8-5-12(20)9-14(15)16/h3-10,21H,1-2H3,(H,22,23). The molecule has 5 heteroatoms. The first-order valence-corrected chi connectivity index (χ1v) is 7.60. The maximum absolute atomic E-state index is 13.5. The Labute approximate surface area is 138 Å².